The fraction of sp³-hybridized carbons (Fsp3) is 0.647. The minimum Gasteiger partial charge on any atom is -0.493 e. The van der Waals surface area contributed by atoms with Crippen LogP contribution < -0.4 is 15.2 Å². The maximum Gasteiger partial charge on any atom is 0.166 e. The molecule has 2 fully saturated rings. The lowest BCUT2D eigenvalue weighted by atomic mass is 9.95. The summed E-state index contributed by atoms with van der Waals surface area (Å²) in [6.45, 7) is 1.81. The maximum absolute atomic E-state index is 6.25. The van der Waals surface area contributed by atoms with Crippen molar-refractivity contribution in [1.82, 2.24) is 4.90 Å². The molecule has 2 atom stereocenters. The van der Waals surface area contributed by atoms with Crippen LogP contribution in [0.4, 0.5) is 0 Å². The number of methoxy groups -OCH3 is 1. The summed E-state index contributed by atoms with van der Waals surface area (Å²) in [5.41, 5.74) is 7.11. The number of nitrogens with two attached hydrogens (primary N) is 1. The standard InChI is InChI=1S/C17H26N2O2/c1-19-11-12(10-18)9-15(19)14-7-4-8-16(20-2)17(14)21-13-5-3-6-13/h4,7-8,12-13,15H,3,5-6,9-11,18H2,1-2H3. The molecule has 116 valence electrons. The van der Waals surface area contributed by atoms with Gasteiger partial charge in [0.25, 0.3) is 0 Å². The van der Waals surface area contributed by atoms with Crippen LogP contribution in [0.3, 0.4) is 0 Å². The Balaban J connectivity index is 1.89. The predicted molar refractivity (Wildman–Crippen MR) is 83.8 cm³/mol. The van der Waals surface area contributed by atoms with Gasteiger partial charge in [-0.3, -0.25) is 4.90 Å². The summed E-state index contributed by atoms with van der Waals surface area (Å²) in [5, 5.41) is 0. The first-order valence-corrected chi connectivity index (χ1v) is 7.96. The fourth-order valence-corrected chi connectivity index (χ4v) is 3.38. The van der Waals surface area contributed by atoms with Crippen molar-refractivity contribution in [3.05, 3.63) is 23.8 Å². The minimum atomic E-state index is 0.358. The summed E-state index contributed by atoms with van der Waals surface area (Å²) in [7, 11) is 3.89. The Kier molecular flexibility index (Phi) is 4.36. The van der Waals surface area contributed by atoms with Crippen LogP contribution in [0.1, 0.15) is 37.3 Å². The van der Waals surface area contributed by atoms with Crippen LogP contribution in [0.15, 0.2) is 18.2 Å². The van der Waals surface area contributed by atoms with E-state index >= 15 is 0 Å². The number of para-hydroxylation sites is 1. The Labute approximate surface area is 127 Å². The molecule has 21 heavy (non-hydrogen) atoms. The summed E-state index contributed by atoms with van der Waals surface area (Å²) in [4.78, 5) is 2.39. The summed E-state index contributed by atoms with van der Waals surface area (Å²) in [6.07, 6.45) is 5.04. The van der Waals surface area contributed by atoms with Crippen LogP contribution in [0.2, 0.25) is 0 Å². The Morgan fingerprint density at radius 3 is 2.71 bits per heavy atom. The van der Waals surface area contributed by atoms with Crippen LogP contribution in [0, 0.1) is 5.92 Å². The highest BCUT2D eigenvalue weighted by Gasteiger charge is 2.33. The van der Waals surface area contributed by atoms with Crippen molar-refractivity contribution in [3.8, 4) is 11.5 Å². The number of ether oxygens (including phenoxy) is 2. The van der Waals surface area contributed by atoms with E-state index in [0.29, 0.717) is 18.1 Å². The van der Waals surface area contributed by atoms with E-state index in [1.165, 1.54) is 12.0 Å². The first-order chi connectivity index (χ1) is 10.2. The van der Waals surface area contributed by atoms with Gasteiger partial charge >= 0.3 is 0 Å². The molecule has 1 heterocycles. The van der Waals surface area contributed by atoms with Gasteiger partial charge in [0, 0.05) is 18.2 Å². The van der Waals surface area contributed by atoms with E-state index in [1.54, 1.807) is 7.11 Å². The molecule has 2 aliphatic rings. The van der Waals surface area contributed by atoms with Gasteiger partial charge in [-0.25, -0.2) is 0 Å². The van der Waals surface area contributed by atoms with Gasteiger partial charge in [0.1, 0.15) is 0 Å². The van der Waals surface area contributed by atoms with Crippen LogP contribution >= 0.6 is 0 Å². The molecule has 1 saturated heterocycles. The molecule has 2 N–H and O–H groups in total. The molecular formula is C17H26N2O2. The molecule has 4 heteroatoms. The van der Waals surface area contributed by atoms with Crippen molar-refractivity contribution in [1.29, 1.82) is 0 Å². The lowest BCUT2D eigenvalue weighted by Gasteiger charge is -2.30. The second-order valence-corrected chi connectivity index (χ2v) is 6.34. The minimum absolute atomic E-state index is 0.358. The van der Waals surface area contributed by atoms with E-state index in [2.05, 4.69) is 24.1 Å². The first kappa shape index (κ1) is 14.7. The van der Waals surface area contributed by atoms with Crippen LogP contribution in [0.25, 0.3) is 0 Å². The Hall–Kier alpha value is -1.26. The van der Waals surface area contributed by atoms with E-state index in [-0.39, 0.29) is 0 Å². The van der Waals surface area contributed by atoms with E-state index in [0.717, 1.165) is 43.9 Å². The number of nitrogens with zero attached hydrogens (tertiary/aromatic N) is 1. The molecule has 0 radical (unpaired) electrons. The van der Waals surface area contributed by atoms with Crippen molar-refractivity contribution in [2.24, 2.45) is 11.7 Å². The molecule has 0 aromatic heterocycles. The molecule has 3 rings (SSSR count). The SMILES string of the molecule is COc1cccc(C2CC(CN)CN2C)c1OC1CCC1. The Morgan fingerprint density at radius 2 is 2.14 bits per heavy atom. The molecule has 1 aliphatic carbocycles. The van der Waals surface area contributed by atoms with E-state index in [1.807, 2.05) is 6.07 Å². The van der Waals surface area contributed by atoms with Crippen molar-refractivity contribution in [3.63, 3.8) is 0 Å². The number of rotatable bonds is 5. The van der Waals surface area contributed by atoms with Crippen molar-refractivity contribution < 1.29 is 9.47 Å². The second kappa shape index (κ2) is 6.24. The maximum atomic E-state index is 6.25. The molecular weight excluding hydrogens is 264 g/mol. The highest BCUT2D eigenvalue weighted by Crippen LogP contribution is 2.43. The average molecular weight is 290 g/mol. The summed E-state index contributed by atoms with van der Waals surface area (Å²) >= 11 is 0. The van der Waals surface area contributed by atoms with Gasteiger partial charge in [0.2, 0.25) is 0 Å². The van der Waals surface area contributed by atoms with Gasteiger partial charge in [0.05, 0.1) is 13.2 Å². The molecule has 2 unspecified atom stereocenters. The molecule has 1 aromatic carbocycles. The summed E-state index contributed by atoms with van der Waals surface area (Å²) < 4.78 is 11.8. The first-order valence-electron chi connectivity index (χ1n) is 7.96. The number of benzene rings is 1. The highest BCUT2D eigenvalue weighted by atomic mass is 16.5. The normalized spacial score (nSPS) is 26.6. The molecule has 0 bridgehead atoms. The third-order valence-electron chi connectivity index (χ3n) is 4.89. The van der Waals surface area contributed by atoms with Gasteiger partial charge in [-0.15, -0.1) is 0 Å². The zero-order valence-corrected chi connectivity index (χ0v) is 13.0. The largest absolute Gasteiger partial charge is 0.493 e. The molecule has 1 aromatic rings. The number of hydrogen-bond donors (Lipinski definition) is 1. The molecule has 1 aliphatic heterocycles. The summed E-state index contributed by atoms with van der Waals surface area (Å²) in [5.74, 6) is 2.37. The lowest BCUT2D eigenvalue weighted by molar-refractivity contribution is 0.112. The van der Waals surface area contributed by atoms with Crippen molar-refractivity contribution in [2.75, 3.05) is 27.2 Å². The third kappa shape index (κ3) is 2.87. The molecule has 0 spiro atoms. The smallest absolute Gasteiger partial charge is 0.166 e. The Bertz CT molecular complexity index is 488. The second-order valence-electron chi connectivity index (χ2n) is 6.34. The van der Waals surface area contributed by atoms with E-state index in [4.69, 9.17) is 15.2 Å². The van der Waals surface area contributed by atoms with Gasteiger partial charge in [0.15, 0.2) is 11.5 Å². The number of likely N-dealkylation sites (tertiary alicyclic amines) is 1. The zero-order valence-electron chi connectivity index (χ0n) is 13.0. The predicted octanol–water partition coefficient (Wildman–Crippen LogP) is 2.58. The van der Waals surface area contributed by atoms with Gasteiger partial charge < -0.3 is 15.2 Å². The molecule has 0 amide bonds. The Morgan fingerprint density at radius 1 is 1.33 bits per heavy atom. The van der Waals surface area contributed by atoms with Crippen molar-refractivity contribution in [2.45, 2.75) is 37.8 Å². The zero-order chi connectivity index (χ0) is 14.8. The van der Waals surface area contributed by atoms with Gasteiger partial charge in [-0.05, 0) is 51.3 Å². The highest BCUT2D eigenvalue weighted by molar-refractivity contribution is 5.48. The third-order valence-corrected chi connectivity index (χ3v) is 4.89. The van der Waals surface area contributed by atoms with Crippen LogP contribution in [0.5, 0.6) is 11.5 Å². The quantitative estimate of drug-likeness (QED) is 0.905. The topological polar surface area (TPSA) is 47.7 Å². The van der Waals surface area contributed by atoms with Crippen LogP contribution in [-0.4, -0.2) is 38.3 Å². The fourth-order valence-electron chi connectivity index (χ4n) is 3.38. The molecule has 4 nitrogen and oxygen atoms in total. The van der Waals surface area contributed by atoms with Gasteiger partial charge in [-0.2, -0.15) is 0 Å². The van der Waals surface area contributed by atoms with E-state index < -0.39 is 0 Å². The summed E-state index contributed by atoms with van der Waals surface area (Å²) in [6, 6.07) is 6.61. The van der Waals surface area contributed by atoms with Crippen molar-refractivity contribution >= 4 is 0 Å². The van der Waals surface area contributed by atoms with Crippen LogP contribution in [-0.2, 0) is 0 Å². The van der Waals surface area contributed by atoms with E-state index in [9.17, 15) is 0 Å². The number of hydrogen-bond acceptors (Lipinski definition) is 4. The monoisotopic (exact) mass is 290 g/mol. The molecule has 1 saturated carbocycles. The lowest BCUT2D eigenvalue weighted by Crippen LogP contribution is -2.26. The van der Waals surface area contributed by atoms with Gasteiger partial charge in [-0.1, -0.05) is 12.1 Å². The average Bonchev–Trinajstić information content (AvgIpc) is 2.83.